The van der Waals surface area contributed by atoms with Gasteiger partial charge in [-0.1, -0.05) is 67.7 Å². The van der Waals surface area contributed by atoms with Crippen LogP contribution in [0.4, 0.5) is 0 Å². The minimum absolute atomic E-state index is 0.192. The number of allylic oxidation sites excluding steroid dienone is 1. The van der Waals surface area contributed by atoms with Crippen molar-refractivity contribution < 1.29 is 4.79 Å². The molecular weight excluding hydrogens is 299 g/mol. The van der Waals surface area contributed by atoms with Crippen molar-refractivity contribution in [2.24, 2.45) is 0 Å². The Hall–Kier alpha value is 0.140. The molecule has 0 aliphatic rings. The molecule has 0 aliphatic heterocycles. The zero-order valence-corrected chi connectivity index (χ0v) is 11.8. The van der Waals surface area contributed by atoms with Crippen LogP contribution in [0.1, 0.15) is 57.8 Å². The zero-order valence-electron chi connectivity index (χ0n) is 9.64. The molecule has 0 bridgehead atoms. The second-order valence-corrected chi connectivity index (χ2v) is 5.02. The number of rotatable bonds is 11. The molecule has 0 aromatic heterocycles. The lowest BCUT2D eigenvalue weighted by Crippen LogP contribution is -1.91. The third-order valence-electron chi connectivity index (χ3n) is 2.53. The maximum Gasteiger partial charge on any atom is 0.155 e. The average Bonchev–Trinajstić information content (AvgIpc) is 2.26. The fourth-order valence-corrected chi connectivity index (χ4v) is 2.10. The Labute approximate surface area is 108 Å². The predicted octanol–water partition coefficient (Wildman–Crippen LogP) is 4.69. The molecule has 0 radical (unpaired) electrons. The fraction of sp³-hybridized carbons (Fsp3) is 0.769. The van der Waals surface area contributed by atoms with Crippen molar-refractivity contribution in [3.05, 3.63) is 12.7 Å². The molecule has 0 amide bonds. The first kappa shape index (κ1) is 15.1. The van der Waals surface area contributed by atoms with Gasteiger partial charge < -0.3 is 0 Å². The molecule has 1 nitrogen and oxygen atoms in total. The fourth-order valence-electron chi connectivity index (χ4n) is 1.56. The largest absolute Gasteiger partial charge is 0.295 e. The zero-order chi connectivity index (χ0) is 11.4. The highest BCUT2D eigenvalue weighted by Gasteiger charge is 1.95. The van der Waals surface area contributed by atoms with Crippen molar-refractivity contribution in [1.82, 2.24) is 0 Å². The molecule has 0 spiro atoms. The molecule has 0 unspecified atom stereocenters. The summed E-state index contributed by atoms with van der Waals surface area (Å²) in [6, 6.07) is 0. The van der Waals surface area contributed by atoms with Gasteiger partial charge in [0.05, 0.1) is 0 Å². The van der Waals surface area contributed by atoms with Gasteiger partial charge in [0.1, 0.15) is 0 Å². The van der Waals surface area contributed by atoms with E-state index in [1.165, 1.54) is 55.4 Å². The number of carbonyl (C=O) groups is 1. The molecule has 0 saturated carbocycles. The minimum Gasteiger partial charge on any atom is -0.295 e. The minimum atomic E-state index is 0.192. The normalized spacial score (nSPS) is 10.2. The predicted molar refractivity (Wildman–Crippen MR) is 75.6 cm³/mol. The molecule has 0 heterocycles. The van der Waals surface area contributed by atoms with Crippen LogP contribution in [0.15, 0.2) is 12.7 Å². The lowest BCUT2D eigenvalue weighted by Gasteiger charge is -2.00. The summed E-state index contributed by atoms with van der Waals surface area (Å²) in [5.74, 6) is 0.192. The van der Waals surface area contributed by atoms with Gasteiger partial charge in [-0.2, -0.15) is 0 Å². The van der Waals surface area contributed by atoms with Crippen molar-refractivity contribution in [1.29, 1.82) is 0 Å². The molecule has 88 valence electrons. The summed E-state index contributed by atoms with van der Waals surface area (Å²) in [6.45, 7) is 3.47. The van der Waals surface area contributed by atoms with Crippen LogP contribution in [-0.4, -0.2) is 10.2 Å². The van der Waals surface area contributed by atoms with Crippen LogP contribution in [0.3, 0.4) is 0 Å². The topological polar surface area (TPSA) is 17.1 Å². The first-order valence-electron chi connectivity index (χ1n) is 6.02. The van der Waals surface area contributed by atoms with Crippen LogP contribution in [0.25, 0.3) is 0 Å². The van der Waals surface area contributed by atoms with E-state index < -0.39 is 0 Å². The number of carbonyl (C=O) groups excluding carboxylic acids is 1. The molecule has 0 rings (SSSR count). The third kappa shape index (κ3) is 12.1. The van der Waals surface area contributed by atoms with Gasteiger partial charge in [-0.3, -0.25) is 4.79 Å². The van der Waals surface area contributed by atoms with Crippen molar-refractivity contribution >= 4 is 28.4 Å². The molecule has 0 N–H and O–H groups in total. The van der Waals surface area contributed by atoms with E-state index in [1.54, 1.807) is 0 Å². The third-order valence-corrected chi connectivity index (χ3v) is 3.30. The molecule has 0 aromatic rings. The summed E-state index contributed by atoms with van der Waals surface area (Å²) >= 11 is 2.44. The van der Waals surface area contributed by atoms with Crippen LogP contribution < -0.4 is 0 Å². The number of alkyl halides is 1. The summed E-state index contributed by atoms with van der Waals surface area (Å²) in [4.78, 5) is 10.9. The van der Waals surface area contributed by atoms with Crippen LogP contribution in [0.2, 0.25) is 0 Å². The maximum atomic E-state index is 10.9. The van der Waals surface area contributed by atoms with Gasteiger partial charge in [-0.15, -0.1) is 0 Å². The van der Waals surface area contributed by atoms with Crippen molar-refractivity contribution in [2.75, 3.05) is 4.43 Å². The van der Waals surface area contributed by atoms with E-state index in [2.05, 4.69) is 29.2 Å². The number of hydrogen-bond acceptors (Lipinski definition) is 1. The first-order chi connectivity index (χ1) is 7.31. The summed E-state index contributed by atoms with van der Waals surface area (Å²) < 4.78 is 1.29. The monoisotopic (exact) mass is 322 g/mol. The van der Waals surface area contributed by atoms with E-state index >= 15 is 0 Å². The molecule has 15 heavy (non-hydrogen) atoms. The highest BCUT2D eigenvalue weighted by atomic mass is 127. The SMILES string of the molecule is C=CC(=O)CCCCCCCCCCI. The quantitative estimate of drug-likeness (QED) is 0.233. The van der Waals surface area contributed by atoms with E-state index in [9.17, 15) is 4.79 Å². The van der Waals surface area contributed by atoms with E-state index in [1.807, 2.05) is 0 Å². The Balaban J connectivity index is 2.98. The highest BCUT2D eigenvalue weighted by molar-refractivity contribution is 14.1. The van der Waals surface area contributed by atoms with Crippen LogP contribution in [0, 0.1) is 0 Å². The highest BCUT2D eigenvalue weighted by Crippen LogP contribution is 2.10. The van der Waals surface area contributed by atoms with Crippen LogP contribution in [-0.2, 0) is 4.79 Å². The summed E-state index contributed by atoms with van der Waals surface area (Å²) in [5.41, 5.74) is 0. The molecule has 0 atom stereocenters. The van der Waals surface area contributed by atoms with Gasteiger partial charge in [0.15, 0.2) is 5.78 Å². The van der Waals surface area contributed by atoms with E-state index in [-0.39, 0.29) is 5.78 Å². The summed E-state index contributed by atoms with van der Waals surface area (Å²) in [5, 5.41) is 0. The van der Waals surface area contributed by atoms with E-state index in [4.69, 9.17) is 0 Å². The Bertz CT molecular complexity index is 166. The lowest BCUT2D eigenvalue weighted by molar-refractivity contribution is -0.114. The van der Waals surface area contributed by atoms with E-state index in [0.717, 1.165) is 6.42 Å². The summed E-state index contributed by atoms with van der Waals surface area (Å²) in [7, 11) is 0. The standard InChI is InChI=1S/C13H23IO/c1-2-13(15)11-9-7-5-3-4-6-8-10-12-14/h2H,1,3-12H2. The lowest BCUT2D eigenvalue weighted by atomic mass is 10.1. The molecule has 0 aliphatic carbocycles. The van der Waals surface area contributed by atoms with Gasteiger partial charge in [0, 0.05) is 6.42 Å². The Morgan fingerprint density at radius 3 is 1.87 bits per heavy atom. The van der Waals surface area contributed by atoms with Gasteiger partial charge in [0.2, 0.25) is 0 Å². The average molecular weight is 322 g/mol. The van der Waals surface area contributed by atoms with Gasteiger partial charge >= 0.3 is 0 Å². The van der Waals surface area contributed by atoms with Gasteiger partial charge in [-0.05, 0) is 23.3 Å². The number of halogens is 1. The van der Waals surface area contributed by atoms with Gasteiger partial charge in [0.25, 0.3) is 0 Å². The Morgan fingerprint density at radius 1 is 0.933 bits per heavy atom. The maximum absolute atomic E-state index is 10.9. The molecule has 0 saturated heterocycles. The van der Waals surface area contributed by atoms with Gasteiger partial charge in [-0.25, -0.2) is 0 Å². The second kappa shape index (κ2) is 12.2. The summed E-state index contributed by atoms with van der Waals surface area (Å²) in [6.07, 6.45) is 12.5. The van der Waals surface area contributed by atoms with E-state index in [0.29, 0.717) is 6.42 Å². The van der Waals surface area contributed by atoms with Crippen molar-refractivity contribution in [3.8, 4) is 0 Å². The smallest absolute Gasteiger partial charge is 0.155 e. The van der Waals surface area contributed by atoms with Crippen LogP contribution >= 0.6 is 22.6 Å². The Kier molecular flexibility index (Phi) is 12.3. The molecular formula is C13H23IO. The van der Waals surface area contributed by atoms with Crippen molar-refractivity contribution in [3.63, 3.8) is 0 Å². The number of unbranched alkanes of at least 4 members (excludes halogenated alkanes) is 7. The van der Waals surface area contributed by atoms with Crippen molar-refractivity contribution in [2.45, 2.75) is 57.8 Å². The molecule has 2 heteroatoms. The molecule has 0 aromatic carbocycles. The Morgan fingerprint density at radius 2 is 1.40 bits per heavy atom. The number of ketones is 1. The molecule has 0 fully saturated rings. The first-order valence-corrected chi connectivity index (χ1v) is 7.55. The number of hydrogen-bond donors (Lipinski definition) is 0. The van der Waals surface area contributed by atoms with Crippen LogP contribution in [0.5, 0.6) is 0 Å². The second-order valence-electron chi connectivity index (χ2n) is 3.94.